The van der Waals surface area contributed by atoms with Crippen LogP contribution in [0.3, 0.4) is 0 Å². The van der Waals surface area contributed by atoms with Gasteiger partial charge in [-0.1, -0.05) is 138 Å². The maximum atomic E-state index is 11.3. The summed E-state index contributed by atoms with van der Waals surface area (Å²) in [5, 5.41) is 11.3. The third-order valence-corrected chi connectivity index (χ3v) is 9.97. The zero-order valence-corrected chi connectivity index (χ0v) is 30.7. The van der Waals surface area contributed by atoms with Gasteiger partial charge in [0.25, 0.3) is 0 Å². The van der Waals surface area contributed by atoms with E-state index in [4.69, 9.17) is 26.4 Å². The molecule has 0 atom stereocenters. The van der Waals surface area contributed by atoms with E-state index in [0.29, 0.717) is 50.5 Å². The van der Waals surface area contributed by atoms with Gasteiger partial charge < -0.3 is 5.11 Å². The molecule has 0 radical (unpaired) electrons. The summed E-state index contributed by atoms with van der Waals surface area (Å²) in [7, 11) is 0. The van der Waals surface area contributed by atoms with Gasteiger partial charge in [0.1, 0.15) is 11.6 Å². The van der Waals surface area contributed by atoms with Gasteiger partial charge in [0, 0.05) is 39.3 Å². The summed E-state index contributed by atoms with van der Waals surface area (Å²) in [5.41, 5.74) is 5.59. The number of aryl methyl sites for hydroxylation is 1. The second-order valence-corrected chi connectivity index (χ2v) is 14.9. The van der Waals surface area contributed by atoms with Crippen LogP contribution >= 0.6 is 0 Å². The van der Waals surface area contributed by atoms with Crippen LogP contribution in [0.2, 0.25) is 0 Å². The number of hydrogen-bond acceptors (Lipinski definition) is 3. The van der Waals surface area contributed by atoms with Crippen molar-refractivity contribution >= 4 is 11.0 Å². The highest BCUT2D eigenvalue weighted by Gasteiger charge is 2.23. The minimum Gasteiger partial charge on any atom is -0.507 e. The van der Waals surface area contributed by atoms with Gasteiger partial charge in [-0.3, -0.25) is 9.55 Å². The lowest BCUT2D eigenvalue weighted by Gasteiger charge is -2.22. The Hall–Kier alpha value is -6.26. The number of pyridine rings is 1. The smallest absolute Gasteiger partial charge is 0.149 e. The fourth-order valence-corrected chi connectivity index (χ4v) is 7.04. The third-order valence-electron chi connectivity index (χ3n) is 9.97. The van der Waals surface area contributed by atoms with Crippen molar-refractivity contribution in [1.29, 1.82) is 0 Å². The molecule has 0 unspecified atom stereocenters. The predicted molar refractivity (Wildman–Crippen MR) is 230 cm³/mol. The fraction of sp³-hybridized carbons (Fsp3) is 0.176. The second-order valence-electron chi connectivity index (χ2n) is 14.9. The maximum Gasteiger partial charge on any atom is 0.149 e. The predicted octanol–water partition coefficient (Wildman–Crippen LogP) is 13.4. The molecular formula is C51H47N3O. The molecule has 0 amide bonds. The summed E-state index contributed by atoms with van der Waals surface area (Å²) in [6, 6.07) is 42.9. The van der Waals surface area contributed by atoms with E-state index in [-0.39, 0.29) is 22.3 Å². The number of imidazole rings is 1. The lowest BCUT2D eigenvalue weighted by molar-refractivity contribution is 0.477. The molecule has 6 aromatic carbocycles. The maximum absolute atomic E-state index is 11.3. The molecule has 0 saturated carbocycles. The van der Waals surface area contributed by atoms with Crippen LogP contribution in [-0.4, -0.2) is 19.6 Å². The standard InChI is InChI=1S/C51H47N3O/c1-33-20-25-45(43(28-33)35-14-9-8-10-15-35)54-46-18-13-17-41(48(46)53-49(54)42-16-11-12-19-47(42)55)37-29-38(31-40(30-37)51(5,6)7)44-32-36(26-27-52-44)34-21-23-39(24-22-34)50(2,3)4/h8-32,55H,1-7H3/i1D3,2D3,3D3,4D3. The summed E-state index contributed by atoms with van der Waals surface area (Å²) in [4.78, 5) is 10.1. The van der Waals surface area contributed by atoms with Crippen molar-refractivity contribution in [3.8, 4) is 67.5 Å². The van der Waals surface area contributed by atoms with Gasteiger partial charge in [-0.15, -0.1) is 0 Å². The number of aromatic hydroxyl groups is 1. The summed E-state index contributed by atoms with van der Waals surface area (Å²) >= 11 is 0. The molecule has 0 fully saturated rings. The Morgan fingerprint density at radius 2 is 1.31 bits per heavy atom. The van der Waals surface area contributed by atoms with Crippen LogP contribution < -0.4 is 0 Å². The van der Waals surface area contributed by atoms with Crippen LogP contribution in [0.25, 0.3) is 72.7 Å². The van der Waals surface area contributed by atoms with E-state index < -0.39 is 32.8 Å². The normalized spacial score (nSPS) is 16.1. The molecule has 55 heavy (non-hydrogen) atoms. The van der Waals surface area contributed by atoms with E-state index in [0.717, 1.165) is 27.8 Å². The Labute approximate surface area is 341 Å². The molecule has 1 N–H and O–H groups in total. The van der Waals surface area contributed by atoms with Crippen molar-refractivity contribution in [3.63, 3.8) is 0 Å². The van der Waals surface area contributed by atoms with E-state index in [1.165, 1.54) is 24.3 Å². The van der Waals surface area contributed by atoms with Crippen molar-refractivity contribution in [3.05, 3.63) is 168 Å². The fourth-order valence-electron chi connectivity index (χ4n) is 7.04. The lowest BCUT2D eigenvalue weighted by Crippen LogP contribution is -2.11. The van der Waals surface area contributed by atoms with Crippen LogP contribution in [0.15, 0.2) is 152 Å². The molecular weight excluding hydrogens is 671 g/mol. The largest absolute Gasteiger partial charge is 0.507 e. The van der Waals surface area contributed by atoms with Gasteiger partial charge in [-0.05, 0) is 106 Å². The highest BCUT2D eigenvalue weighted by Crippen LogP contribution is 2.42. The van der Waals surface area contributed by atoms with Gasteiger partial charge in [-0.25, -0.2) is 4.98 Å². The van der Waals surface area contributed by atoms with Crippen molar-refractivity contribution < 1.29 is 21.6 Å². The van der Waals surface area contributed by atoms with Gasteiger partial charge in [0.15, 0.2) is 0 Å². The lowest BCUT2D eigenvalue weighted by atomic mass is 9.83. The SMILES string of the molecule is [2H]C([2H])([2H])c1ccc(-n2c(-c3ccccc3O)nc3c(-c4cc(-c5cc(-c6ccc(C(C([2H])([2H])[2H])(C([2H])([2H])[2H])C([2H])([2H])[2H])cc6)ccn5)cc(C(C)(C)C)c4)cccc32)c(-c2ccccc2)c1. The van der Waals surface area contributed by atoms with E-state index in [1.54, 1.807) is 48.7 Å². The number of phenolic OH excluding ortho intramolecular Hbond substituents is 1. The van der Waals surface area contributed by atoms with Crippen LogP contribution in [0, 0.1) is 6.85 Å². The van der Waals surface area contributed by atoms with Crippen LogP contribution in [0.1, 0.15) is 74.5 Å². The molecule has 4 nitrogen and oxygen atoms in total. The van der Waals surface area contributed by atoms with Crippen LogP contribution in [-0.2, 0) is 10.8 Å². The molecule has 0 saturated heterocycles. The van der Waals surface area contributed by atoms with E-state index in [1.807, 2.05) is 71.3 Å². The summed E-state index contributed by atoms with van der Waals surface area (Å²) < 4.78 is 100. The molecule has 8 aromatic rings. The first-order valence-corrected chi connectivity index (χ1v) is 18.0. The van der Waals surface area contributed by atoms with Crippen LogP contribution in [0.5, 0.6) is 5.75 Å². The molecule has 0 aliphatic carbocycles. The molecule has 2 aromatic heterocycles. The first-order chi connectivity index (χ1) is 31.3. The first kappa shape index (κ1) is 24.2. The second kappa shape index (κ2) is 13.9. The molecule has 0 spiro atoms. The zero-order valence-electron chi connectivity index (χ0n) is 42.7. The van der Waals surface area contributed by atoms with Crippen molar-refractivity contribution in [2.24, 2.45) is 0 Å². The van der Waals surface area contributed by atoms with Gasteiger partial charge in [0.05, 0.1) is 28.0 Å². The number of para-hydroxylation sites is 2. The highest BCUT2D eigenvalue weighted by atomic mass is 16.3. The molecule has 0 bridgehead atoms. The molecule has 272 valence electrons. The number of fused-ring (bicyclic) bond motifs is 1. The van der Waals surface area contributed by atoms with E-state index in [2.05, 4.69) is 32.9 Å². The average Bonchev–Trinajstić information content (AvgIpc) is 3.64. The Balaban J connectivity index is 1.31. The molecule has 0 aliphatic rings. The monoisotopic (exact) mass is 729 g/mol. The van der Waals surface area contributed by atoms with Crippen molar-refractivity contribution in [2.75, 3.05) is 0 Å². The Morgan fingerprint density at radius 1 is 0.564 bits per heavy atom. The summed E-state index contributed by atoms with van der Waals surface area (Å²) in [6.07, 6.45) is 1.64. The number of benzene rings is 6. The summed E-state index contributed by atoms with van der Waals surface area (Å²) in [6.45, 7) is -6.17. The highest BCUT2D eigenvalue weighted by molar-refractivity contribution is 5.97. The zero-order chi connectivity index (χ0) is 48.5. The third kappa shape index (κ3) is 6.97. The van der Waals surface area contributed by atoms with E-state index >= 15 is 0 Å². The Morgan fingerprint density at radius 3 is 2.05 bits per heavy atom. The number of hydrogen-bond donors (Lipinski definition) is 1. The number of rotatable bonds is 6. The minimum atomic E-state index is -3.38. The Kier molecular flexibility index (Phi) is 6.10. The topological polar surface area (TPSA) is 50.9 Å². The van der Waals surface area contributed by atoms with Gasteiger partial charge in [-0.2, -0.15) is 0 Å². The number of phenols is 1. The Bertz CT molecular complexity index is 3090. The molecule has 8 rings (SSSR count). The van der Waals surface area contributed by atoms with Crippen LogP contribution in [0.4, 0.5) is 0 Å². The summed E-state index contributed by atoms with van der Waals surface area (Å²) in [5.74, 6) is 0.463. The number of nitrogens with zero attached hydrogens (tertiary/aromatic N) is 3. The average molecular weight is 730 g/mol. The molecule has 2 heterocycles. The number of aromatic nitrogens is 3. The first-order valence-electron chi connectivity index (χ1n) is 24.0. The van der Waals surface area contributed by atoms with Gasteiger partial charge in [0.2, 0.25) is 0 Å². The van der Waals surface area contributed by atoms with Crippen molar-refractivity contribution in [2.45, 2.75) is 59.0 Å². The quantitative estimate of drug-likeness (QED) is 0.185. The molecule has 4 heteroatoms. The van der Waals surface area contributed by atoms with Gasteiger partial charge >= 0.3 is 0 Å². The van der Waals surface area contributed by atoms with Crippen molar-refractivity contribution in [1.82, 2.24) is 14.5 Å². The minimum absolute atomic E-state index is 0.0183. The van der Waals surface area contributed by atoms with E-state index in [9.17, 15) is 5.11 Å². The molecule has 0 aliphatic heterocycles.